The Morgan fingerprint density at radius 3 is 2.06 bits per heavy atom. The Hall–Kier alpha value is -3.64. The lowest BCUT2D eigenvalue weighted by Crippen LogP contribution is -2.60. The molecule has 3 aromatic rings. The first-order valence-corrected chi connectivity index (χ1v) is 12.5. The third kappa shape index (κ3) is 5.94. The topological polar surface area (TPSA) is 65.1 Å². The molecule has 2 atom stereocenters. The molecule has 0 N–H and O–H groups in total. The third-order valence-corrected chi connectivity index (χ3v) is 6.92. The summed E-state index contributed by atoms with van der Waals surface area (Å²) >= 11 is 0. The quantitative estimate of drug-likeness (QED) is 0.439. The first-order valence-electron chi connectivity index (χ1n) is 12.5. The average Bonchev–Trinajstić information content (AvgIpc) is 2.91. The minimum Gasteiger partial charge on any atom is -0.489 e. The van der Waals surface area contributed by atoms with E-state index in [-0.39, 0.29) is 36.5 Å². The SMILES string of the molecule is O=C(Cc1cccc(OCc2ccccc2)c1)C1CC2COCC(C1)N2C(=O)OCc1ccccc1. The molecule has 2 aliphatic rings. The van der Waals surface area contributed by atoms with Crippen LogP contribution in [0.15, 0.2) is 84.9 Å². The van der Waals surface area contributed by atoms with E-state index in [9.17, 15) is 9.59 Å². The van der Waals surface area contributed by atoms with Gasteiger partial charge in [-0.1, -0.05) is 72.8 Å². The lowest BCUT2D eigenvalue weighted by molar-refractivity contribution is -0.130. The van der Waals surface area contributed by atoms with Gasteiger partial charge in [0.2, 0.25) is 0 Å². The van der Waals surface area contributed by atoms with E-state index < -0.39 is 0 Å². The monoisotopic (exact) mass is 485 g/mol. The van der Waals surface area contributed by atoms with Crippen LogP contribution < -0.4 is 4.74 Å². The van der Waals surface area contributed by atoms with Gasteiger partial charge in [0.1, 0.15) is 24.7 Å². The minimum absolute atomic E-state index is 0.101. The van der Waals surface area contributed by atoms with Gasteiger partial charge in [0.05, 0.1) is 25.3 Å². The standard InChI is InChI=1S/C30H31NO5/c32-29(15-24-12-7-13-28(14-24)35-18-22-8-3-1-4-9-22)25-16-26-20-34-21-27(17-25)31(26)30(33)36-19-23-10-5-2-6-11-23/h1-14,25-27H,15-21H2. The Balaban J connectivity index is 1.17. The van der Waals surface area contributed by atoms with Crippen molar-refractivity contribution >= 4 is 11.9 Å². The van der Waals surface area contributed by atoms with Gasteiger partial charge in [0.25, 0.3) is 0 Å². The van der Waals surface area contributed by atoms with Crippen molar-refractivity contribution in [1.82, 2.24) is 4.90 Å². The molecule has 0 saturated carbocycles. The third-order valence-electron chi connectivity index (χ3n) is 6.92. The van der Waals surface area contributed by atoms with Gasteiger partial charge in [-0.15, -0.1) is 0 Å². The highest BCUT2D eigenvalue weighted by Gasteiger charge is 2.44. The first kappa shape index (κ1) is 24.1. The van der Waals surface area contributed by atoms with Gasteiger partial charge in [-0.25, -0.2) is 4.79 Å². The number of nitrogens with zero attached hydrogens (tertiary/aromatic N) is 1. The van der Waals surface area contributed by atoms with E-state index in [2.05, 4.69) is 0 Å². The van der Waals surface area contributed by atoms with Gasteiger partial charge in [-0.05, 0) is 41.7 Å². The molecule has 2 unspecified atom stereocenters. The zero-order valence-corrected chi connectivity index (χ0v) is 20.3. The number of carbonyl (C=O) groups excluding carboxylic acids is 2. The number of carbonyl (C=O) groups is 2. The molecule has 0 aliphatic carbocycles. The molecule has 2 aliphatic heterocycles. The van der Waals surface area contributed by atoms with Gasteiger partial charge >= 0.3 is 6.09 Å². The average molecular weight is 486 g/mol. The van der Waals surface area contributed by atoms with Gasteiger partial charge in [0, 0.05) is 12.3 Å². The summed E-state index contributed by atoms with van der Waals surface area (Å²) in [6.45, 7) is 1.59. The van der Waals surface area contributed by atoms with Crippen LogP contribution in [0.3, 0.4) is 0 Å². The van der Waals surface area contributed by atoms with Crippen LogP contribution in [0.4, 0.5) is 4.79 Å². The maximum atomic E-state index is 13.3. The number of benzene rings is 3. The smallest absolute Gasteiger partial charge is 0.410 e. The van der Waals surface area contributed by atoms with Gasteiger partial charge < -0.3 is 14.2 Å². The molecule has 186 valence electrons. The maximum absolute atomic E-state index is 13.3. The van der Waals surface area contributed by atoms with Crippen LogP contribution >= 0.6 is 0 Å². The molecule has 2 bridgehead atoms. The summed E-state index contributed by atoms with van der Waals surface area (Å²) in [5, 5.41) is 0. The molecule has 5 rings (SSSR count). The molecule has 0 aromatic heterocycles. The Morgan fingerprint density at radius 2 is 1.39 bits per heavy atom. The molecule has 6 heteroatoms. The van der Waals surface area contributed by atoms with Crippen LogP contribution in [-0.4, -0.2) is 42.1 Å². The molecular formula is C30H31NO5. The number of hydrogen-bond acceptors (Lipinski definition) is 5. The molecule has 36 heavy (non-hydrogen) atoms. The van der Waals surface area contributed by atoms with Crippen LogP contribution in [0.2, 0.25) is 0 Å². The number of hydrogen-bond donors (Lipinski definition) is 0. The number of rotatable bonds is 8. The molecule has 6 nitrogen and oxygen atoms in total. The summed E-state index contributed by atoms with van der Waals surface area (Å²) in [5.41, 5.74) is 2.99. The van der Waals surface area contributed by atoms with Gasteiger partial charge in [-0.2, -0.15) is 0 Å². The summed E-state index contributed by atoms with van der Waals surface area (Å²) < 4.78 is 17.3. The maximum Gasteiger partial charge on any atom is 0.410 e. The molecule has 2 heterocycles. The molecule has 2 saturated heterocycles. The Labute approximate surface area is 211 Å². The van der Waals surface area contributed by atoms with Crippen LogP contribution in [0.5, 0.6) is 5.75 Å². The fourth-order valence-electron chi connectivity index (χ4n) is 5.10. The summed E-state index contributed by atoms with van der Waals surface area (Å²) in [5.74, 6) is 0.853. The summed E-state index contributed by atoms with van der Waals surface area (Å²) in [7, 11) is 0. The molecular weight excluding hydrogens is 454 g/mol. The van der Waals surface area contributed by atoms with Gasteiger partial charge in [-0.3, -0.25) is 9.69 Å². The highest BCUT2D eigenvalue weighted by molar-refractivity contribution is 5.84. The Bertz CT molecular complexity index is 1150. The van der Waals surface area contributed by atoms with E-state index in [0.29, 0.717) is 39.1 Å². The molecule has 3 aromatic carbocycles. The van der Waals surface area contributed by atoms with Gasteiger partial charge in [0.15, 0.2) is 0 Å². The van der Waals surface area contributed by atoms with Crippen LogP contribution in [0, 0.1) is 5.92 Å². The van der Waals surface area contributed by atoms with Crippen molar-refractivity contribution in [2.45, 2.75) is 44.6 Å². The fourth-order valence-corrected chi connectivity index (χ4v) is 5.10. The largest absolute Gasteiger partial charge is 0.489 e. The van der Waals surface area contributed by atoms with Crippen molar-refractivity contribution in [2.24, 2.45) is 5.92 Å². The molecule has 1 amide bonds. The second-order valence-corrected chi connectivity index (χ2v) is 9.53. The van der Waals surface area contributed by atoms with Crippen molar-refractivity contribution in [2.75, 3.05) is 13.2 Å². The first-order chi connectivity index (χ1) is 17.7. The minimum atomic E-state index is -0.327. The van der Waals surface area contributed by atoms with E-state index >= 15 is 0 Å². The van der Waals surface area contributed by atoms with Crippen LogP contribution in [-0.2, 0) is 33.9 Å². The zero-order valence-electron chi connectivity index (χ0n) is 20.3. The predicted molar refractivity (Wildman–Crippen MR) is 136 cm³/mol. The molecule has 0 spiro atoms. The Kier molecular flexibility index (Phi) is 7.62. The number of piperidine rings is 1. The Morgan fingerprint density at radius 1 is 0.778 bits per heavy atom. The molecule has 2 fully saturated rings. The second kappa shape index (κ2) is 11.4. The predicted octanol–water partition coefficient (Wildman–Crippen LogP) is 5.19. The van der Waals surface area contributed by atoms with Crippen LogP contribution in [0.25, 0.3) is 0 Å². The van der Waals surface area contributed by atoms with Crippen molar-refractivity contribution in [1.29, 1.82) is 0 Å². The zero-order chi connectivity index (χ0) is 24.7. The second-order valence-electron chi connectivity index (χ2n) is 9.53. The fraction of sp³-hybridized carbons (Fsp3) is 0.333. The van der Waals surface area contributed by atoms with E-state index in [1.807, 2.05) is 84.9 Å². The van der Waals surface area contributed by atoms with E-state index in [1.54, 1.807) is 4.90 Å². The van der Waals surface area contributed by atoms with E-state index in [4.69, 9.17) is 14.2 Å². The highest BCUT2D eigenvalue weighted by atomic mass is 16.6. The lowest BCUT2D eigenvalue weighted by atomic mass is 9.81. The van der Waals surface area contributed by atoms with E-state index in [1.165, 1.54) is 0 Å². The summed E-state index contributed by atoms with van der Waals surface area (Å²) in [6, 6.07) is 27.1. The number of ether oxygens (including phenoxy) is 3. The number of morpholine rings is 1. The number of fused-ring (bicyclic) bond motifs is 2. The number of amides is 1. The summed E-state index contributed by atoms with van der Waals surface area (Å²) in [4.78, 5) is 28.0. The normalized spacial score (nSPS) is 21.0. The lowest BCUT2D eigenvalue weighted by Gasteiger charge is -2.47. The molecule has 0 radical (unpaired) electrons. The van der Waals surface area contributed by atoms with Crippen molar-refractivity contribution < 1.29 is 23.8 Å². The van der Waals surface area contributed by atoms with Crippen molar-refractivity contribution in [3.8, 4) is 5.75 Å². The van der Waals surface area contributed by atoms with Crippen molar-refractivity contribution in [3.05, 3.63) is 102 Å². The summed E-state index contributed by atoms with van der Waals surface area (Å²) in [6.07, 6.45) is 1.22. The highest BCUT2D eigenvalue weighted by Crippen LogP contribution is 2.33. The van der Waals surface area contributed by atoms with Crippen molar-refractivity contribution in [3.63, 3.8) is 0 Å². The number of ketones is 1. The van der Waals surface area contributed by atoms with E-state index in [0.717, 1.165) is 22.4 Å². The number of Topliss-reactive ketones (excluding diaryl/α,β-unsaturated/α-hetero) is 1. The van der Waals surface area contributed by atoms with Crippen LogP contribution in [0.1, 0.15) is 29.5 Å².